The molecule has 0 aliphatic heterocycles. The van der Waals surface area contributed by atoms with Gasteiger partial charge in [-0.2, -0.15) is 0 Å². The van der Waals surface area contributed by atoms with E-state index in [1.165, 1.54) is 19.2 Å². The number of methoxy groups -OCH3 is 1. The highest BCUT2D eigenvalue weighted by Crippen LogP contribution is 2.28. The van der Waals surface area contributed by atoms with E-state index in [1.807, 2.05) is 0 Å². The van der Waals surface area contributed by atoms with Gasteiger partial charge < -0.3 is 20.4 Å². The standard InChI is InChI=1S/C9H12N2O4/c1-15-7-4-5(11-10)2-3-6(7)8(12)9(13)14/h2-4,8,11-12H,10H2,1H3,(H,13,14). The van der Waals surface area contributed by atoms with Gasteiger partial charge in [-0.15, -0.1) is 0 Å². The third-order valence-corrected chi connectivity index (χ3v) is 1.93. The number of carbonyl (C=O) groups is 1. The van der Waals surface area contributed by atoms with Crippen LogP contribution >= 0.6 is 0 Å². The van der Waals surface area contributed by atoms with Crippen molar-refractivity contribution in [3.05, 3.63) is 23.8 Å². The normalized spacial score (nSPS) is 11.9. The van der Waals surface area contributed by atoms with Crippen molar-refractivity contribution in [2.24, 2.45) is 5.84 Å². The SMILES string of the molecule is COc1cc(NN)ccc1C(O)C(=O)O. The highest BCUT2D eigenvalue weighted by Gasteiger charge is 2.20. The third-order valence-electron chi connectivity index (χ3n) is 1.93. The first-order chi connectivity index (χ1) is 7.10. The summed E-state index contributed by atoms with van der Waals surface area (Å²) in [5, 5.41) is 18.0. The van der Waals surface area contributed by atoms with E-state index in [4.69, 9.17) is 15.7 Å². The number of aliphatic hydroxyl groups excluding tert-OH is 1. The molecule has 0 radical (unpaired) electrons. The second-order valence-corrected chi connectivity index (χ2v) is 2.84. The van der Waals surface area contributed by atoms with Crippen molar-refractivity contribution in [3.63, 3.8) is 0 Å². The predicted molar refractivity (Wildman–Crippen MR) is 53.4 cm³/mol. The Morgan fingerprint density at radius 2 is 2.27 bits per heavy atom. The molecular formula is C9H12N2O4. The van der Waals surface area contributed by atoms with Gasteiger partial charge in [-0.3, -0.25) is 5.84 Å². The summed E-state index contributed by atoms with van der Waals surface area (Å²) in [7, 11) is 1.38. The lowest BCUT2D eigenvalue weighted by Gasteiger charge is -2.12. The number of hydrogen-bond donors (Lipinski definition) is 4. The Kier molecular flexibility index (Phi) is 3.48. The molecule has 5 N–H and O–H groups in total. The van der Waals surface area contributed by atoms with E-state index in [1.54, 1.807) is 6.07 Å². The molecule has 1 rings (SSSR count). The molecule has 0 heterocycles. The van der Waals surface area contributed by atoms with Gasteiger partial charge in [0.05, 0.1) is 12.8 Å². The lowest BCUT2D eigenvalue weighted by molar-refractivity contribution is -0.147. The maximum absolute atomic E-state index is 10.6. The van der Waals surface area contributed by atoms with Gasteiger partial charge in [0.2, 0.25) is 0 Å². The van der Waals surface area contributed by atoms with Crippen LogP contribution in [0.5, 0.6) is 5.75 Å². The zero-order chi connectivity index (χ0) is 11.4. The number of rotatable bonds is 4. The second-order valence-electron chi connectivity index (χ2n) is 2.84. The first kappa shape index (κ1) is 11.3. The molecule has 0 bridgehead atoms. The van der Waals surface area contributed by atoms with Crippen molar-refractivity contribution >= 4 is 11.7 Å². The molecule has 0 amide bonds. The molecule has 6 nitrogen and oxygen atoms in total. The number of nitrogens with one attached hydrogen (secondary N) is 1. The van der Waals surface area contributed by atoms with Crippen LogP contribution in [0.3, 0.4) is 0 Å². The van der Waals surface area contributed by atoms with Gasteiger partial charge in [0.1, 0.15) is 5.75 Å². The molecule has 1 unspecified atom stereocenters. The van der Waals surface area contributed by atoms with Crippen molar-refractivity contribution in [3.8, 4) is 5.75 Å². The Hall–Kier alpha value is -1.79. The second kappa shape index (κ2) is 4.63. The Bertz CT molecular complexity index is 367. The number of nitrogens with two attached hydrogens (primary N) is 1. The number of carboxylic acids is 1. The van der Waals surface area contributed by atoms with Gasteiger partial charge in [0, 0.05) is 11.6 Å². The van der Waals surface area contributed by atoms with Gasteiger partial charge in [-0.05, 0) is 6.07 Å². The fourth-order valence-electron chi connectivity index (χ4n) is 1.16. The Labute approximate surface area is 86.2 Å². The topological polar surface area (TPSA) is 105 Å². The van der Waals surface area contributed by atoms with Gasteiger partial charge in [-0.25, -0.2) is 4.79 Å². The van der Waals surface area contributed by atoms with Gasteiger partial charge >= 0.3 is 5.97 Å². The first-order valence-corrected chi connectivity index (χ1v) is 4.15. The number of aliphatic carboxylic acids is 1. The molecule has 0 saturated heterocycles. The molecule has 0 spiro atoms. The number of hydrogen-bond acceptors (Lipinski definition) is 5. The number of benzene rings is 1. The maximum Gasteiger partial charge on any atom is 0.337 e. The lowest BCUT2D eigenvalue weighted by Crippen LogP contribution is -2.12. The molecule has 0 saturated carbocycles. The molecule has 15 heavy (non-hydrogen) atoms. The maximum atomic E-state index is 10.6. The van der Waals surface area contributed by atoms with E-state index in [-0.39, 0.29) is 11.3 Å². The van der Waals surface area contributed by atoms with Crippen LogP contribution in [0.2, 0.25) is 0 Å². The first-order valence-electron chi connectivity index (χ1n) is 4.15. The average Bonchev–Trinajstić information content (AvgIpc) is 2.27. The highest BCUT2D eigenvalue weighted by atomic mass is 16.5. The fourth-order valence-corrected chi connectivity index (χ4v) is 1.16. The molecule has 0 fully saturated rings. The highest BCUT2D eigenvalue weighted by molar-refractivity contribution is 5.75. The van der Waals surface area contributed by atoms with E-state index in [0.717, 1.165) is 0 Å². The molecular weight excluding hydrogens is 200 g/mol. The smallest absolute Gasteiger partial charge is 0.337 e. The van der Waals surface area contributed by atoms with Crippen molar-refractivity contribution in [1.29, 1.82) is 0 Å². The van der Waals surface area contributed by atoms with Crippen LogP contribution in [0.4, 0.5) is 5.69 Å². The van der Waals surface area contributed by atoms with Crippen LogP contribution in [0, 0.1) is 0 Å². The largest absolute Gasteiger partial charge is 0.496 e. The molecule has 1 aromatic carbocycles. The Morgan fingerprint density at radius 1 is 1.60 bits per heavy atom. The molecule has 1 atom stereocenters. The van der Waals surface area contributed by atoms with Gasteiger partial charge in [0.25, 0.3) is 0 Å². The number of ether oxygens (including phenoxy) is 1. The van der Waals surface area contributed by atoms with E-state index < -0.39 is 12.1 Å². The van der Waals surface area contributed by atoms with Crippen LogP contribution < -0.4 is 16.0 Å². The zero-order valence-corrected chi connectivity index (χ0v) is 8.10. The van der Waals surface area contributed by atoms with Crippen molar-refractivity contribution in [2.75, 3.05) is 12.5 Å². The summed E-state index contributed by atoms with van der Waals surface area (Å²) in [6, 6.07) is 4.48. The number of nitrogen functional groups attached to an aromatic ring is 1. The summed E-state index contributed by atoms with van der Waals surface area (Å²) in [5.41, 5.74) is 3.14. The summed E-state index contributed by atoms with van der Waals surface area (Å²) in [5.74, 6) is 4.11. The van der Waals surface area contributed by atoms with E-state index in [9.17, 15) is 9.90 Å². The summed E-state index contributed by atoms with van der Waals surface area (Å²) in [6.07, 6.45) is -1.60. The van der Waals surface area contributed by atoms with Crippen LogP contribution in [0.25, 0.3) is 0 Å². The lowest BCUT2D eigenvalue weighted by atomic mass is 10.1. The number of carboxylic acid groups (broad SMARTS) is 1. The Balaban J connectivity index is 3.12. The summed E-state index contributed by atoms with van der Waals surface area (Å²) in [6.45, 7) is 0. The molecule has 0 aromatic heterocycles. The zero-order valence-electron chi connectivity index (χ0n) is 8.10. The van der Waals surface area contributed by atoms with Crippen molar-refractivity contribution in [2.45, 2.75) is 6.10 Å². The minimum absolute atomic E-state index is 0.184. The minimum atomic E-state index is -1.60. The van der Waals surface area contributed by atoms with Crippen LogP contribution in [-0.4, -0.2) is 23.3 Å². The molecule has 0 aliphatic rings. The van der Waals surface area contributed by atoms with Crippen molar-refractivity contribution in [1.82, 2.24) is 0 Å². The summed E-state index contributed by atoms with van der Waals surface area (Å²) in [4.78, 5) is 10.6. The number of aliphatic hydroxyl groups is 1. The average molecular weight is 212 g/mol. The van der Waals surface area contributed by atoms with Crippen LogP contribution in [0.1, 0.15) is 11.7 Å². The van der Waals surface area contributed by atoms with Gasteiger partial charge in [-0.1, -0.05) is 6.07 Å². The van der Waals surface area contributed by atoms with E-state index >= 15 is 0 Å². The summed E-state index contributed by atoms with van der Waals surface area (Å²) >= 11 is 0. The van der Waals surface area contributed by atoms with Gasteiger partial charge in [0.15, 0.2) is 6.10 Å². The Morgan fingerprint density at radius 3 is 2.73 bits per heavy atom. The molecule has 0 aliphatic carbocycles. The fraction of sp³-hybridized carbons (Fsp3) is 0.222. The van der Waals surface area contributed by atoms with E-state index in [2.05, 4.69) is 5.43 Å². The minimum Gasteiger partial charge on any atom is -0.496 e. The van der Waals surface area contributed by atoms with E-state index in [0.29, 0.717) is 5.69 Å². The monoisotopic (exact) mass is 212 g/mol. The predicted octanol–water partition coefficient (Wildman–Crippen LogP) is 0.0988. The third kappa shape index (κ3) is 2.36. The van der Waals surface area contributed by atoms with Crippen LogP contribution in [0.15, 0.2) is 18.2 Å². The van der Waals surface area contributed by atoms with Crippen LogP contribution in [-0.2, 0) is 4.79 Å². The summed E-state index contributed by atoms with van der Waals surface area (Å²) < 4.78 is 4.94. The number of anilines is 1. The molecule has 82 valence electrons. The molecule has 6 heteroatoms. The van der Waals surface area contributed by atoms with Crippen molar-refractivity contribution < 1.29 is 19.7 Å². The molecule has 1 aromatic rings. The number of hydrazine groups is 1. The quantitative estimate of drug-likeness (QED) is 0.416.